The number of hydrogen-bond acceptors (Lipinski definition) is 5. The lowest BCUT2D eigenvalue weighted by Gasteiger charge is -2.46. The summed E-state index contributed by atoms with van der Waals surface area (Å²) >= 11 is 0. The number of nitrogens with one attached hydrogen (secondary N) is 1. The predicted molar refractivity (Wildman–Crippen MR) is 115 cm³/mol. The van der Waals surface area contributed by atoms with E-state index in [1.54, 1.807) is 62.4 Å². The van der Waals surface area contributed by atoms with Gasteiger partial charge < -0.3 is 15.2 Å². The number of carbonyl (C=O) groups is 4. The van der Waals surface area contributed by atoms with E-state index in [1.807, 2.05) is 12.1 Å². The molecule has 0 radical (unpaired) electrons. The van der Waals surface area contributed by atoms with Crippen molar-refractivity contribution in [3.63, 3.8) is 0 Å². The number of carboxylic acids is 1. The minimum absolute atomic E-state index is 0.0315. The average molecular weight is 436 g/mol. The van der Waals surface area contributed by atoms with Crippen LogP contribution in [0.5, 0.6) is 0 Å². The summed E-state index contributed by atoms with van der Waals surface area (Å²) < 4.78 is 5.47. The zero-order valence-corrected chi connectivity index (χ0v) is 17.8. The minimum atomic E-state index is -1.32. The van der Waals surface area contributed by atoms with E-state index in [0.29, 0.717) is 11.1 Å². The second-order valence-electron chi connectivity index (χ2n) is 7.61. The van der Waals surface area contributed by atoms with Crippen LogP contribution in [0.3, 0.4) is 0 Å². The van der Waals surface area contributed by atoms with E-state index in [4.69, 9.17) is 4.74 Å². The maximum Gasteiger partial charge on any atom is 0.352 e. The van der Waals surface area contributed by atoms with E-state index >= 15 is 0 Å². The van der Waals surface area contributed by atoms with Crippen molar-refractivity contribution in [2.45, 2.75) is 39.0 Å². The molecule has 2 aromatic rings. The van der Waals surface area contributed by atoms with Crippen LogP contribution in [0.4, 0.5) is 0 Å². The lowest BCUT2D eigenvalue weighted by atomic mass is 10.0. The van der Waals surface area contributed by atoms with E-state index in [9.17, 15) is 24.3 Å². The number of rotatable bonds is 8. The molecule has 2 amide bonds. The molecule has 166 valence electrons. The number of hydrogen-bond donors (Lipinski definition) is 2. The van der Waals surface area contributed by atoms with Crippen molar-refractivity contribution in [2.24, 2.45) is 0 Å². The Bertz CT molecular complexity index is 1040. The van der Waals surface area contributed by atoms with Crippen LogP contribution in [-0.4, -0.2) is 46.0 Å². The van der Waals surface area contributed by atoms with Gasteiger partial charge in [-0.05, 0) is 30.5 Å². The summed E-state index contributed by atoms with van der Waals surface area (Å²) in [6.45, 7) is 3.09. The van der Waals surface area contributed by atoms with Crippen molar-refractivity contribution in [2.75, 3.05) is 0 Å². The zero-order valence-electron chi connectivity index (χ0n) is 17.8. The van der Waals surface area contributed by atoms with Crippen LogP contribution in [0.25, 0.3) is 0 Å². The second-order valence-corrected chi connectivity index (χ2v) is 7.61. The molecular weight excluding hydrogens is 412 g/mol. The van der Waals surface area contributed by atoms with Gasteiger partial charge >= 0.3 is 11.9 Å². The Morgan fingerprint density at radius 3 is 1.97 bits per heavy atom. The first kappa shape index (κ1) is 22.7. The lowest BCUT2D eigenvalue weighted by molar-refractivity contribution is -0.188. The molecule has 8 nitrogen and oxygen atoms in total. The van der Waals surface area contributed by atoms with Crippen LogP contribution in [0.2, 0.25) is 0 Å². The lowest BCUT2D eigenvalue weighted by Crippen LogP contribution is -2.72. The number of allylic oxidation sites excluding steroid dienone is 1. The molecule has 1 fully saturated rings. The van der Waals surface area contributed by atoms with Gasteiger partial charge in [0, 0.05) is 0 Å². The molecule has 0 aliphatic carbocycles. The van der Waals surface area contributed by atoms with Gasteiger partial charge in [0.25, 0.3) is 5.91 Å². The molecule has 32 heavy (non-hydrogen) atoms. The molecule has 2 aromatic carbocycles. The van der Waals surface area contributed by atoms with Gasteiger partial charge in [-0.2, -0.15) is 0 Å². The van der Waals surface area contributed by atoms with Gasteiger partial charge in [0.15, 0.2) is 6.04 Å². The molecule has 1 saturated heterocycles. The highest BCUT2D eigenvalue weighted by molar-refractivity contribution is 6.01. The Morgan fingerprint density at radius 1 is 0.938 bits per heavy atom. The highest BCUT2D eigenvalue weighted by Crippen LogP contribution is 2.29. The van der Waals surface area contributed by atoms with Crippen molar-refractivity contribution < 1.29 is 29.0 Å². The molecule has 3 rings (SSSR count). The first-order valence-electron chi connectivity index (χ1n) is 10.1. The number of esters is 1. The van der Waals surface area contributed by atoms with E-state index in [-0.39, 0.29) is 18.5 Å². The second kappa shape index (κ2) is 9.91. The minimum Gasteiger partial charge on any atom is -0.477 e. The number of aliphatic carboxylic acids is 1. The zero-order chi connectivity index (χ0) is 23.3. The Hall–Kier alpha value is -3.94. The summed E-state index contributed by atoms with van der Waals surface area (Å²) in [5.41, 5.74) is 1.55. The number of ether oxygens (including phenoxy) is 1. The van der Waals surface area contributed by atoms with Crippen molar-refractivity contribution in [3.05, 3.63) is 83.1 Å². The molecule has 8 heteroatoms. The molecule has 0 saturated carbocycles. The van der Waals surface area contributed by atoms with Crippen molar-refractivity contribution >= 4 is 23.8 Å². The first-order chi connectivity index (χ1) is 15.3. The Morgan fingerprint density at radius 2 is 1.47 bits per heavy atom. The van der Waals surface area contributed by atoms with Crippen LogP contribution in [0, 0.1) is 0 Å². The Balaban J connectivity index is 1.77. The standard InChI is InChI=1S/C24H24N2O6/c1-15(2)21(24(30)31)26-22(29)20(25-18(27)13-16-9-5-3-6-10-16)23(26)32-19(28)14-17-11-7-4-8-12-17/h3-12,20,23H,13-14H2,1-2H3,(H,25,27)(H,30,31)/t20-,23-/m1/s1. The molecule has 2 atom stereocenters. The van der Waals surface area contributed by atoms with Gasteiger partial charge in [0.1, 0.15) is 5.70 Å². The van der Waals surface area contributed by atoms with Crippen LogP contribution in [-0.2, 0) is 36.8 Å². The third-order valence-electron chi connectivity index (χ3n) is 4.93. The number of likely N-dealkylation sites (tertiary alicyclic amines) is 1. The number of benzene rings is 2. The molecule has 0 unspecified atom stereocenters. The average Bonchev–Trinajstić information content (AvgIpc) is 2.75. The van der Waals surface area contributed by atoms with Crippen LogP contribution >= 0.6 is 0 Å². The van der Waals surface area contributed by atoms with E-state index in [0.717, 1.165) is 10.5 Å². The van der Waals surface area contributed by atoms with Gasteiger partial charge in [-0.25, -0.2) is 4.79 Å². The Kier molecular flexibility index (Phi) is 7.04. The van der Waals surface area contributed by atoms with Crippen LogP contribution in [0.1, 0.15) is 25.0 Å². The quantitative estimate of drug-likeness (QED) is 0.372. The van der Waals surface area contributed by atoms with Crippen molar-refractivity contribution in [3.8, 4) is 0 Å². The normalized spacial score (nSPS) is 17.2. The molecule has 0 bridgehead atoms. The van der Waals surface area contributed by atoms with E-state index < -0.39 is 36.0 Å². The maximum absolute atomic E-state index is 12.8. The summed E-state index contributed by atoms with van der Waals surface area (Å²) in [6, 6.07) is 16.7. The number of β-lactam (4-membered cyclic amide) rings is 1. The molecule has 1 heterocycles. The van der Waals surface area contributed by atoms with Crippen LogP contribution < -0.4 is 5.32 Å². The van der Waals surface area contributed by atoms with Gasteiger partial charge in [-0.1, -0.05) is 60.7 Å². The van der Waals surface area contributed by atoms with E-state index in [1.165, 1.54) is 0 Å². The summed E-state index contributed by atoms with van der Waals surface area (Å²) in [5, 5.41) is 12.1. The SMILES string of the molecule is CC(C)=C(C(=O)O)N1C(=O)[C@@H](NC(=O)Cc2ccccc2)[C@H]1OC(=O)Cc1ccccc1. The third kappa shape index (κ3) is 5.21. The highest BCUT2D eigenvalue weighted by atomic mass is 16.6. The summed E-state index contributed by atoms with van der Waals surface area (Å²) in [5.74, 6) is -3.05. The molecule has 0 aromatic heterocycles. The van der Waals surface area contributed by atoms with Gasteiger partial charge in [0.2, 0.25) is 12.1 Å². The highest BCUT2D eigenvalue weighted by Gasteiger charge is 2.54. The Labute approximate surface area is 185 Å². The molecule has 1 aliphatic rings. The fourth-order valence-electron chi connectivity index (χ4n) is 3.46. The van der Waals surface area contributed by atoms with E-state index in [2.05, 4.69) is 5.32 Å². The van der Waals surface area contributed by atoms with Gasteiger partial charge in [-0.15, -0.1) is 0 Å². The third-order valence-corrected chi connectivity index (χ3v) is 4.93. The molecule has 0 spiro atoms. The number of carboxylic acid groups (broad SMARTS) is 1. The first-order valence-corrected chi connectivity index (χ1v) is 10.1. The fraction of sp³-hybridized carbons (Fsp3) is 0.250. The number of amides is 2. The largest absolute Gasteiger partial charge is 0.477 e. The van der Waals surface area contributed by atoms with Crippen molar-refractivity contribution in [1.29, 1.82) is 0 Å². The van der Waals surface area contributed by atoms with Crippen molar-refractivity contribution in [1.82, 2.24) is 10.2 Å². The predicted octanol–water partition coefficient (Wildman–Crippen LogP) is 2.05. The summed E-state index contributed by atoms with van der Waals surface area (Å²) in [4.78, 5) is 50.4. The maximum atomic E-state index is 12.8. The molecule has 2 N–H and O–H groups in total. The summed E-state index contributed by atoms with van der Waals surface area (Å²) in [6.07, 6.45) is -1.27. The van der Waals surface area contributed by atoms with Crippen LogP contribution in [0.15, 0.2) is 71.9 Å². The number of nitrogens with zero attached hydrogens (tertiary/aromatic N) is 1. The number of carbonyl (C=O) groups excluding carboxylic acids is 3. The van der Waals surface area contributed by atoms with Gasteiger partial charge in [0.05, 0.1) is 12.8 Å². The smallest absolute Gasteiger partial charge is 0.352 e. The monoisotopic (exact) mass is 436 g/mol. The molecule has 1 aliphatic heterocycles. The topological polar surface area (TPSA) is 113 Å². The summed E-state index contributed by atoms with van der Waals surface area (Å²) in [7, 11) is 0. The van der Waals surface area contributed by atoms with Gasteiger partial charge in [-0.3, -0.25) is 19.3 Å². The fourth-order valence-corrected chi connectivity index (χ4v) is 3.46. The molecular formula is C24H24N2O6.